The van der Waals surface area contributed by atoms with Crippen LogP contribution in [0.2, 0.25) is 0 Å². The molecule has 2 aromatic rings. The minimum Gasteiger partial charge on any atom is -0.548 e. The average molecular weight is 333 g/mol. The molecule has 0 fully saturated rings. The molecule has 2 N–H and O–H groups in total. The molecule has 0 saturated carbocycles. The van der Waals surface area contributed by atoms with E-state index in [0.29, 0.717) is 0 Å². The lowest BCUT2D eigenvalue weighted by molar-refractivity contribution is -0.303. The zero-order valence-corrected chi connectivity index (χ0v) is 12.1. The van der Waals surface area contributed by atoms with E-state index in [2.05, 4.69) is 10.6 Å². The van der Waals surface area contributed by atoms with Crippen molar-refractivity contribution in [1.82, 2.24) is 5.32 Å². The molecule has 0 unspecified atom stereocenters. The van der Waals surface area contributed by atoms with Crippen LogP contribution in [0.4, 0.5) is 14.5 Å². The van der Waals surface area contributed by atoms with Gasteiger partial charge >= 0.3 is 0 Å². The van der Waals surface area contributed by atoms with Crippen molar-refractivity contribution in [3.63, 3.8) is 0 Å². The Hall–Kier alpha value is -3.29. The fraction of sp³-hybridized carbons (Fsp3) is 0.0625. The predicted molar refractivity (Wildman–Crippen MR) is 78.1 cm³/mol. The topological polar surface area (TPSA) is 98.3 Å². The molecule has 6 nitrogen and oxygen atoms in total. The van der Waals surface area contributed by atoms with Crippen molar-refractivity contribution in [3.05, 3.63) is 65.2 Å². The highest BCUT2D eigenvalue weighted by molar-refractivity contribution is 6.05. The summed E-state index contributed by atoms with van der Waals surface area (Å²) in [5.74, 6) is -5.03. The van der Waals surface area contributed by atoms with Crippen LogP contribution >= 0.6 is 0 Å². The standard InChI is InChI=1S/C16H12F2N2O4/c17-11-2-1-3-12(18)14(11)16(24)20-10-6-4-9(5-7-10)15(23)19-8-13(21)22/h1-7H,8H2,(H,19,23)(H,20,24)(H,21,22)/p-1. The average Bonchev–Trinajstić information content (AvgIpc) is 2.53. The molecule has 2 rings (SSSR count). The molecule has 0 aliphatic carbocycles. The number of aliphatic carboxylic acids is 1. The number of carboxylic acids is 1. The summed E-state index contributed by atoms with van der Waals surface area (Å²) >= 11 is 0. The maximum absolute atomic E-state index is 13.5. The Labute approximate surface area is 135 Å². The first kappa shape index (κ1) is 17.1. The summed E-state index contributed by atoms with van der Waals surface area (Å²) in [6, 6.07) is 8.37. The largest absolute Gasteiger partial charge is 0.548 e. The van der Waals surface area contributed by atoms with Crippen LogP contribution in [0.15, 0.2) is 42.5 Å². The van der Waals surface area contributed by atoms with Gasteiger partial charge in [0.15, 0.2) is 0 Å². The van der Waals surface area contributed by atoms with E-state index in [-0.39, 0.29) is 11.3 Å². The number of carboxylic acid groups (broad SMARTS) is 1. The van der Waals surface area contributed by atoms with Crippen molar-refractivity contribution in [3.8, 4) is 0 Å². The number of hydrogen-bond acceptors (Lipinski definition) is 4. The molecule has 0 spiro atoms. The van der Waals surface area contributed by atoms with Gasteiger partial charge in [0.1, 0.15) is 17.2 Å². The quantitative estimate of drug-likeness (QED) is 0.841. The molecule has 0 bridgehead atoms. The molecule has 8 heteroatoms. The van der Waals surface area contributed by atoms with Crippen molar-refractivity contribution in [2.24, 2.45) is 0 Å². The van der Waals surface area contributed by atoms with Gasteiger partial charge in [-0.25, -0.2) is 8.78 Å². The lowest BCUT2D eigenvalue weighted by Crippen LogP contribution is -2.37. The summed E-state index contributed by atoms with van der Waals surface area (Å²) in [5.41, 5.74) is -0.362. The van der Waals surface area contributed by atoms with E-state index < -0.39 is 41.5 Å². The van der Waals surface area contributed by atoms with Gasteiger partial charge in [0.25, 0.3) is 11.8 Å². The van der Waals surface area contributed by atoms with E-state index in [1.807, 2.05) is 0 Å². The molecule has 0 aliphatic rings. The number of rotatable bonds is 5. The van der Waals surface area contributed by atoms with E-state index in [4.69, 9.17) is 0 Å². The predicted octanol–water partition coefficient (Wildman–Crippen LogP) is 0.697. The van der Waals surface area contributed by atoms with Gasteiger partial charge < -0.3 is 20.5 Å². The van der Waals surface area contributed by atoms with Gasteiger partial charge in [0.2, 0.25) is 0 Å². The highest BCUT2D eigenvalue weighted by atomic mass is 19.1. The number of nitrogens with one attached hydrogen (secondary N) is 2. The highest BCUT2D eigenvalue weighted by Gasteiger charge is 2.17. The molecule has 0 aliphatic heterocycles. The Morgan fingerprint density at radius 2 is 1.50 bits per heavy atom. The number of carbonyl (C=O) groups excluding carboxylic acids is 3. The number of amides is 2. The number of hydrogen-bond donors (Lipinski definition) is 2. The lowest BCUT2D eigenvalue weighted by Gasteiger charge is -2.09. The Bertz CT molecular complexity index is 771. The van der Waals surface area contributed by atoms with Crippen LogP contribution < -0.4 is 15.7 Å². The van der Waals surface area contributed by atoms with Crippen LogP contribution in [0, 0.1) is 11.6 Å². The number of halogens is 2. The number of anilines is 1. The summed E-state index contributed by atoms with van der Waals surface area (Å²) in [7, 11) is 0. The Kier molecular flexibility index (Phi) is 5.20. The maximum atomic E-state index is 13.5. The molecule has 0 heterocycles. The van der Waals surface area contributed by atoms with Crippen LogP contribution in [0.25, 0.3) is 0 Å². The van der Waals surface area contributed by atoms with Gasteiger partial charge in [0, 0.05) is 11.3 Å². The van der Waals surface area contributed by atoms with E-state index in [1.54, 1.807) is 0 Å². The lowest BCUT2D eigenvalue weighted by atomic mass is 10.1. The molecule has 124 valence electrons. The minimum atomic E-state index is -1.43. The van der Waals surface area contributed by atoms with Gasteiger partial charge in [-0.3, -0.25) is 9.59 Å². The first-order valence-corrected chi connectivity index (χ1v) is 6.72. The third-order valence-electron chi connectivity index (χ3n) is 2.99. The highest BCUT2D eigenvalue weighted by Crippen LogP contribution is 2.16. The molecule has 0 aromatic heterocycles. The normalized spacial score (nSPS) is 10.1. The Morgan fingerprint density at radius 3 is 2.04 bits per heavy atom. The first-order valence-electron chi connectivity index (χ1n) is 6.72. The van der Waals surface area contributed by atoms with E-state index >= 15 is 0 Å². The fourth-order valence-electron chi connectivity index (χ4n) is 1.87. The Morgan fingerprint density at radius 1 is 0.917 bits per heavy atom. The summed E-state index contributed by atoms with van der Waals surface area (Å²) in [6.45, 7) is -0.635. The maximum Gasteiger partial charge on any atom is 0.261 e. The van der Waals surface area contributed by atoms with Crippen LogP contribution in [0.3, 0.4) is 0 Å². The van der Waals surface area contributed by atoms with Gasteiger partial charge in [-0.15, -0.1) is 0 Å². The minimum absolute atomic E-state index is 0.145. The van der Waals surface area contributed by atoms with E-state index in [1.165, 1.54) is 24.3 Å². The summed E-state index contributed by atoms with van der Waals surface area (Å²) in [6.07, 6.45) is 0. The van der Waals surface area contributed by atoms with E-state index in [0.717, 1.165) is 18.2 Å². The van der Waals surface area contributed by atoms with Crippen LogP contribution in [0.1, 0.15) is 20.7 Å². The molecule has 0 radical (unpaired) electrons. The smallest absolute Gasteiger partial charge is 0.261 e. The second-order valence-electron chi connectivity index (χ2n) is 4.68. The third-order valence-corrected chi connectivity index (χ3v) is 2.99. The van der Waals surface area contributed by atoms with Gasteiger partial charge in [-0.05, 0) is 36.4 Å². The second-order valence-corrected chi connectivity index (χ2v) is 4.68. The first-order chi connectivity index (χ1) is 11.4. The van der Waals surface area contributed by atoms with Crippen LogP contribution in [0.5, 0.6) is 0 Å². The molecular weight excluding hydrogens is 322 g/mol. The number of benzene rings is 2. The molecule has 2 aromatic carbocycles. The zero-order valence-electron chi connectivity index (χ0n) is 12.1. The van der Waals surface area contributed by atoms with Crippen LogP contribution in [-0.4, -0.2) is 24.3 Å². The van der Waals surface area contributed by atoms with Crippen molar-refractivity contribution in [2.45, 2.75) is 0 Å². The van der Waals surface area contributed by atoms with Crippen molar-refractivity contribution in [1.29, 1.82) is 0 Å². The second kappa shape index (κ2) is 7.32. The van der Waals surface area contributed by atoms with Gasteiger partial charge in [0.05, 0.1) is 12.5 Å². The van der Waals surface area contributed by atoms with E-state index in [9.17, 15) is 28.3 Å². The summed E-state index contributed by atoms with van der Waals surface area (Å²) in [4.78, 5) is 33.8. The molecule has 0 saturated heterocycles. The van der Waals surface area contributed by atoms with Crippen molar-refractivity contribution < 1.29 is 28.3 Å². The third kappa shape index (κ3) is 4.13. The Balaban J connectivity index is 2.07. The zero-order chi connectivity index (χ0) is 17.7. The molecular formula is C16H11F2N2O4-. The van der Waals surface area contributed by atoms with Crippen LogP contribution in [-0.2, 0) is 4.79 Å². The molecule has 0 atom stereocenters. The fourth-order valence-corrected chi connectivity index (χ4v) is 1.87. The molecule has 24 heavy (non-hydrogen) atoms. The molecule has 2 amide bonds. The van der Waals surface area contributed by atoms with Crippen molar-refractivity contribution in [2.75, 3.05) is 11.9 Å². The van der Waals surface area contributed by atoms with Gasteiger partial charge in [-0.1, -0.05) is 6.07 Å². The summed E-state index contributed by atoms with van der Waals surface area (Å²) in [5, 5.41) is 14.7. The van der Waals surface area contributed by atoms with Crippen molar-refractivity contribution >= 4 is 23.5 Å². The number of carbonyl (C=O) groups is 3. The summed E-state index contributed by atoms with van der Waals surface area (Å²) < 4.78 is 27.0. The monoisotopic (exact) mass is 333 g/mol. The van der Waals surface area contributed by atoms with Gasteiger partial charge in [-0.2, -0.15) is 0 Å². The SMILES string of the molecule is O=C([O-])CNC(=O)c1ccc(NC(=O)c2c(F)cccc2F)cc1.